The Hall–Kier alpha value is -4.11. The molecule has 4 aromatic rings. The molecule has 0 bridgehead atoms. The molecule has 2 heterocycles. The highest BCUT2D eigenvalue weighted by atomic mass is 16.5. The van der Waals surface area contributed by atoms with Crippen LogP contribution in [0.5, 0.6) is 5.75 Å². The van der Waals surface area contributed by atoms with Gasteiger partial charge in [-0.2, -0.15) is 4.98 Å². The lowest BCUT2D eigenvalue weighted by molar-refractivity contribution is 0.414. The maximum absolute atomic E-state index is 6.06. The minimum absolute atomic E-state index is 0.0675. The third-order valence-corrected chi connectivity index (χ3v) is 5.43. The number of anilines is 2. The number of aryl methyl sites for hydroxylation is 1. The van der Waals surface area contributed by atoms with Crippen LogP contribution in [0.4, 0.5) is 11.8 Å². The molecule has 4 rings (SSSR count). The van der Waals surface area contributed by atoms with Crippen LogP contribution in [0.1, 0.15) is 36.6 Å². The Kier molecular flexibility index (Phi) is 5.91. The summed E-state index contributed by atoms with van der Waals surface area (Å²) in [5, 5.41) is 2.23. The second kappa shape index (κ2) is 8.94. The Balaban J connectivity index is 1.77. The van der Waals surface area contributed by atoms with E-state index in [1.807, 2.05) is 43.6 Å². The first-order valence-corrected chi connectivity index (χ1v) is 10.5. The van der Waals surface area contributed by atoms with Gasteiger partial charge < -0.3 is 16.2 Å². The van der Waals surface area contributed by atoms with E-state index in [2.05, 4.69) is 51.9 Å². The summed E-state index contributed by atoms with van der Waals surface area (Å²) >= 11 is 0. The van der Waals surface area contributed by atoms with Crippen molar-refractivity contribution in [2.45, 2.75) is 26.2 Å². The van der Waals surface area contributed by atoms with Crippen LogP contribution in [-0.2, 0) is 6.42 Å². The number of nitrogens with zero attached hydrogens (tertiary/aromatic N) is 3. The van der Waals surface area contributed by atoms with Crippen LogP contribution in [0.2, 0.25) is 0 Å². The molecule has 0 spiro atoms. The molecular weight excluding hydrogens is 398 g/mol. The van der Waals surface area contributed by atoms with Crippen LogP contribution in [-0.4, -0.2) is 22.1 Å². The summed E-state index contributed by atoms with van der Waals surface area (Å²) in [6.45, 7) is 4.04. The fourth-order valence-corrected chi connectivity index (χ4v) is 3.72. The molecule has 6 heteroatoms. The first-order chi connectivity index (χ1) is 15.5. The van der Waals surface area contributed by atoms with Gasteiger partial charge in [0.15, 0.2) is 0 Å². The summed E-state index contributed by atoms with van der Waals surface area (Å²) in [4.78, 5) is 12.6. The molecule has 2 aromatic heterocycles. The molecule has 0 aliphatic carbocycles. The van der Waals surface area contributed by atoms with E-state index in [9.17, 15) is 0 Å². The highest BCUT2D eigenvalue weighted by Gasteiger charge is 2.12. The summed E-state index contributed by atoms with van der Waals surface area (Å²) in [5.41, 5.74) is 16.4. The van der Waals surface area contributed by atoms with Gasteiger partial charge in [-0.05, 0) is 59.7 Å². The fraction of sp³-hybridized carbons (Fsp3) is 0.192. The van der Waals surface area contributed by atoms with Crippen LogP contribution >= 0.6 is 0 Å². The normalized spacial score (nSPS) is 11.6. The topological polar surface area (TPSA) is 99.9 Å². The van der Waals surface area contributed by atoms with Crippen molar-refractivity contribution in [2.24, 2.45) is 0 Å². The average molecular weight is 424 g/mol. The van der Waals surface area contributed by atoms with Crippen molar-refractivity contribution in [1.82, 2.24) is 15.0 Å². The molecule has 0 amide bonds. The van der Waals surface area contributed by atoms with Crippen molar-refractivity contribution in [2.75, 3.05) is 18.6 Å². The van der Waals surface area contributed by atoms with Gasteiger partial charge in [0.05, 0.1) is 18.4 Å². The van der Waals surface area contributed by atoms with Crippen molar-refractivity contribution in [3.8, 4) is 28.7 Å². The van der Waals surface area contributed by atoms with Crippen molar-refractivity contribution in [3.63, 3.8) is 0 Å². The standard InChI is InChI=1S/C26H25N5O/c1-4-24-23(25(27)31-26(28)30-24)9-8-16(2)18-12-19(14-20(13-18)32-3)21-7-5-6-17-15-29-11-10-22(17)21/h5-7,10-16H,4H2,1-3H3,(H4,27,28,30,31). The molecule has 0 fully saturated rings. The van der Waals surface area contributed by atoms with Gasteiger partial charge in [0, 0.05) is 23.7 Å². The van der Waals surface area contributed by atoms with Gasteiger partial charge in [-0.3, -0.25) is 4.98 Å². The number of methoxy groups -OCH3 is 1. The summed E-state index contributed by atoms with van der Waals surface area (Å²) in [7, 11) is 1.67. The van der Waals surface area contributed by atoms with Crippen molar-refractivity contribution in [1.29, 1.82) is 0 Å². The molecule has 0 saturated heterocycles. The number of pyridine rings is 1. The number of nitrogens with two attached hydrogens (primary N) is 2. The maximum Gasteiger partial charge on any atom is 0.222 e. The zero-order chi connectivity index (χ0) is 22.7. The predicted molar refractivity (Wildman–Crippen MR) is 129 cm³/mol. The number of nitrogen functional groups attached to an aromatic ring is 2. The highest BCUT2D eigenvalue weighted by molar-refractivity contribution is 5.96. The van der Waals surface area contributed by atoms with E-state index in [-0.39, 0.29) is 11.9 Å². The van der Waals surface area contributed by atoms with Gasteiger partial charge in [-0.1, -0.05) is 37.0 Å². The molecule has 160 valence electrons. The van der Waals surface area contributed by atoms with Crippen LogP contribution < -0.4 is 16.2 Å². The molecule has 0 radical (unpaired) electrons. The Morgan fingerprint density at radius 3 is 2.72 bits per heavy atom. The first kappa shape index (κ1) is 21.1. The smallest absolute Gasteiger partial charge is 0.222 e. The average Bonchev–Trinajstić information content (AvgIpc) is 2.82. The molecule has 2 aromatic carbocycles. The monoisotopic (exact) mass is 423 g/mol. The molecule has 0 aliphatic heterocycles. The van der Waals surface area contributed by atoms with Gasteiger partial charge in [-0.25, -0.2) is 4.98 Å². The number of benzene rings is 2. The minimum Gasteiger partial charge on any atom is -0.497 e. The van der Waals surface area contributed by atoms with Crippen molar-refractivity contribution in [3.05, 3.63) is 71.7 Å². The summed E-state index contributed by atoms with van der Waals surface area (Å²) in [6, 6.07) is 14.4. The third-order valence-electron chi connectivity index (χ3n) is 5.43. The van der Waals surface area contributed by atoms with Crippen LogP contribution in [0.3, 0.4) is 0 Å². The Morgan fingerprint density at radius 1 is 1.09 bits per heavy atom. The number of fused-ring (bicyclic) bond motifs is 1. The molecule has 0 aliphatic rings. The van der Waals surface area contributed by atoms with Crippen LogP contribution in [0, 0.1) is 11.8 Å². The third kappa shape index (κ3) is 4.19. The van der Waals surface area contributed by atoms with E-state index >= 15 is 0 Å². The Labute approximate surface area is 187 Å². The Bertz CT molecular complexity index is 1350. The van der Waals surface area contributed by atoms with E-state index in [4.69, 9.17) is 16.2 Å². The zero-order valence-electron chi connectivity index (χ0n) is 18.4. The first-order valence-electron chi connectivity index (χ1n) is 10.5. The van der Waals surface area contributed by atoms with Crippen molar-refractivity contribution >= 4 is 22.5 Å². The summed E-state index contributed by atoms with van der Waals surface area (Å²) in [5.74, 6) is 7.67. The minimum atomic E-state index is -0.0675. The van der Waals surface area contributed by atoms with E-state index in [0.29, 0.717) is 17.8 Å². The second-order valence-corrected chi connectivity index (χ2v) is 7.53. The van der Waals surface area contributed by atoms with E-state index in [0.717, 1.165) is 38.9 Å². The van der Waals surface area contributed by atoms with Gasteiger partial charge in [0.25, 0.3) is 0 Å². The van der Waals surface area contributed by atoms with E-state index < -0.39 is 0 Å². The van der Waals surface area contributed by atoms with Crippen LogP contribution in [0.25, 0.3) is 21.9 Å². The Morgan fingerprint density at radius 2 is 1.94 bits per heavy atom. The number of ether oxygens (including phenoxy) is 1. The van der Waals surface area contributed by atoms with Gasteiger partial charge in [0.2, 0.25) is 5.95 Å². The summed E-state index contributed by atoms with van der Waals surface area (Å²) < 4.78 is 5.60. The van der Waals surface area contributed by atoms with Crippen LogP contribution in [0.15, 0.2) is 54.9 Å². The molecule has 1 atom stereocenters. The van der Waals surface area contributed by atoms with E-state index in [1.54, 1.807) is 7.11 Å². The lowest BCUT2D eigenvalue weighted by atomic mass is 9.93. The SMILES string of the molecule is CCc1nc(N)nc(N)c1C#CC(C)c1cc(OC)cc(-c2cccc3cnccc23)c1. The number of rotatable bonds is 4. The number of aromatic nitrogens is 3. The number of hydrogen-bond donors (Lipinski definition) is 2. The molecule has 0 saturated carbocycles. The van der Waals surface area contributed by atoms with Gasteiger partial charge >= 0.3 is 0 Å². The highest BCUT2D eigenvalue weighted by Crippen LogP contribution is 2.33. The lowest BCUT2D eigenvalue weighted by Gasteiger charge is -2.13. The molecule has 4 N–H and O–H groups in total. The molecule has 1 unspecified atom stereocenters. The summed E-state index contributed by atoms with van der Waals surface area (Å²) in [6.07, 6.45) is 4.36. The lowest BCUT2D eigenvalue weighted by Crippen LogP contribution is -2.06. The quantitative estimate of drug-likeness (QED) is 0.466. The second-order valence-electron chi connectivity index (χ2n) is 7.53. The number of hydrogen-bond acceptors (Lipinski definition) is 6. The molecule has 6 nitrogen and oxygen atoms in total. The maximum atomic E-state index is 6.06. The van der Waals surface area contributed by atoms with Gasteiger partial charge in [-0.15, -0.1) is 0 Å². The predicted octanol–water partition coefficient (Wildman–Crippen LogP) is 4.58. The van der Waals surface area contributed by atoms with E-state index in [1.165, 1.54) is 0 Å². The zero-order valence-corrected chi connectivity index (χ0v) is 18.4. The largest absolute Gasteiger partial charge is 0.497 e. The fourth-order valence-electron chi connectivity index (χ4n) is 3.72. The van der Waals surface area contributed by atoms with Gasteiger partial charge in [0.1, 0.15) is 11.6 Å². The van der Waals surface area contributed by atoms with Crippen molar-refractivity contribution < 1.29 is 4.74 Å². The molecule has 32 heavy (non-hydrogen) atoms. The molecular formula is C26H25N5O.